The number of aliphatic hydroxyl groups is 1. The topological polar surface area (TPSA) is 97.2 Å². The Kier molecular flexibility index (Phi) is 8.50. The molecule has 3 aliphatic rings. The van der Waals surface area contributed by atoms with Crippen molar-refractivity contribution in [2.45, 2.75) is 29.9 Å². The van der Waals surface area contributed by atoms with Crippen LogP contribution in [0.3, 0.4) is 0 Å². The molecule has 0 unspecified atom stereocenters. The summed E-state index contributed by atoms with van der Waals surface area (Å²) in [4.78, 5) is 33.0. The van der Waals surface area contributed by atoms with Gasteiger partial charge in [-0.1, -0.05) is 0 Å². The van der Waals surface area contributed by atoms with Crippen LogP contribution in [0.5, 0.6) is 0 Å². The van der Waals surface area contributed by atoms with Crippen molar-refractivity contribution in [2.75, 3.05) is 52.1 Å². The van der Waals surface area contributed by atoms with Crippen LogP contribution in [-0.2, 0) is 9.59 Å². The number of likely N-dealkylation sites (N-methyl/N-ethyl adjacent to an activating group) is 1. The van der Waals surface area contributed by atoms with Crippen molar-refractivity contribution in [2.24, 2.45) is 11.8 Å². The SMILES string of the molecule is CN1CCN([C@@H]2C[C@@H]3CN(C(=O)CSc4ccncc4)C[C@@H]3C[C@H]2O)CC1.O=CO. The first kappa shape index (κ1) is 23.0. The third-order valence-electron chi connectivity index (χ3n) is 6.48. The molecule has 1 aromatic heterocycles. The van der Waals surface area contributed by atoms with Crippen molar-refractivity contribution < 1.29 is 19.8 Å². The van der Waals surface area contributed by atoms with Crippen molar-refractivity contribution in [3.05, 3.63) is 24.5 Å². The minimum Gasteiger partial charge on any atom is -0.483 e. The third-order valence-corrected chi connectivity index (χ3v) is 7.48. The number of carboxylic acid groups (broad SMARTS) is 1. The fourth-order valence-corrected chi connectivity index (χ4v) is 5.61. The van der Waals surface area contributed by atoms with Crippen LogP contribution >= 0.6 is 11.8 Å². The third kappa shape index (κ3) is 5.94. The number of likely N-dealkylation sites (tertiary alicyclic amines) is 1. The van der Waals surface area contributed by atoms with E-state index in [9.17, 15) is 9.90 Å². The van der Waals surface area contributed by atoms with Gasteiger partial charge in [0.2, 0.25) is 5.91 Å². The molecule has 3 heterocycles. The van der Waals surface area contributed by atoms with Gasteiger partial charge in [-0.2, -0.15) is 0 Å². The predicted molar refractivity (Wildman–Crippen MR) is 115 cm³/mol. The lowest BCUT2D eigenvalue weighted by Crippen LogP contribution is -2.55. The number of hydrogen-bond acceptors (Lipinski definition) is 7. The van der Waals surface area contributed by atoms with E-state index in [-0.39, 0.29) is 24.5 Å². The van der Waals surface area contributed by atoms with E-state index in [1.807, 2.05) is 17.0 Å². The highest BCUT2D eigenvalue weighted by Crippen LogP contribution is 2.38. The zero-order chi connectivity index (χ0) is 21.5. The van der Waals surface area contributed by atoms with E-state index < -0.39 is 0 Å². The molecular weight excluding hydrogens is 404 g/mol. The molecule has 1 saturated carbocycles. The summed E-state index contributed by atoms with van der Waals surface area (Å²) in [6.45, 7) is 5.66. The number of amides is 1. The Morgan fingerprint density at radius 2 is 1.77 bits per heavy atom. The van der Waals surface area contributed by atoms with E-state index in [1.54, 1.807) is 24.2 Å². The van der Waals surface area contributed by atoms with Gasteiger partial charge in [-0.3, -0.25) is 19.5 Å². The van der Waals surface area contributed by atoms with E-state index in [1.165, 1.54) is 0 Å². The fourth-order valence-electron chi connectivity index (χ4n) is 4.83. The summed E-state index contributed by atoms with van der Waals surface area (Å²) in [5.74, 6) is 1.69. The monoisotopic (exact) mass is 436 g/mol. The van der Waals surface area contributed by atoms with Gasteiger partial charge in [0.1, 0.15) is 0 Å². The number of thioether (sulfide) groups is 1. The van der Waals surface area contributed by atoms with Crippen LogP contribution in [0.1, 0.15) is 12.8 Å². The Morgan fingerprint density at radius 1 is 1.17 bits per heavy atom. The Labute approximate surface area is 182 Å². The predicted octanol–water partition coefficient (Wildman–Crippen LogP) is 0.720. The molecule has 2 N–H and O–H groups in total. The maximum atomic E-state index is 12.7. The molecule has 4 rings (SSSR count). The lowest BCUT2D eigenvalue weighted by molar-refractivity contribution is -0.127. The van der Waals surface area contributed by atoms with E-state index >= 15 is 0 Å². The van der Waals surface area contributed by atoms with Gasteiger partial charge < -0.3 is 20.0 Å². The molecule has 1 aromatic rings. The molecule has 1 amide bonds. The van der Waals surface area contributed by atoms with Crippen molar-refractivity contribution in [1.29, 1.82) is 0 Å². The number of aromatic nitrogens is 1. The molecule has 1 aliphatic carbocycles. The van der Waals surface area contributed by atoms with E-state index in [0.717, 1.165) is 57.0 Å². The molecule has 4 atom stereocenters. The molecule has 0 aromatic carbocycles. The Hall–Kier alpha value is -1.68. The molecule has 166 valence electrons. The lowest BCUT2D eigenvalue weighted by Gasteiger charge is -2.44. The average Bonchev–Trinajstić information content (AvgIpc) is 3.16. The Morgan fingerprint density at radius 3 is 2.40 bits per heavy atom. The summed E-state index contributed by atoms with van der Waals surface area (Å²) in [5.41, 5.74) is 0. The second-order valence-electron chi connectivity index (χ2n) is 8.34. The van der Waals surface area contributed by atoms with Gasteiger partial charge in [0.25, 0.3) is 6.47 Å². The molecule has 2 aliphatic heterocycles. The van der Waals surface area contributed by atoms with Crippen LogP contribution in [0, 0.1) is 11.8 Å². The minimum absolute atomic E-state index is 0.219. The van der Waals surface area contributed by atoms with E-state index in [4.69, 9.17) is 9.90 Å². The molecule has 9 heteroatoms. The number of pyridine rings is 1. The number of aliphatic hydroxyl groups excluding tert-OH is 1. The maximum absolute atomic E-state index is 12.7. The van der Waals surface area contributed by atoms with Crippen LogP contribution in [-0.4, -0.2) is 106 Å². The first-order chi connectivity index (χ1) is 14.5. The normalized spacial score (nSPS) is 29.6. The quantitative estimate of drug-likeness (QED) is 0.526. The molecule has 3 fully saturated rings. The standard InChI is InChI=1S/C20H30N4O2S.CH2O2/c1-22-6-8-23(9-7-22)18-10-15-12-24(13-16(15)11-19(18)25)20(26)14-27-17-2-4-21-5-3-17;2-1-3/h2-5,15-16,18-19,25H,6-14H2,1H3;1H,(H,2,3)/t15-,16+,18-,19-;/m1./s1. The van der Waals surface area contributed by atoms with Gasteiger partial charge in [0, 0.05) is 62.6 Å². The van der Waals surface area contributed by atoms with Crippen molar-refractivity contribution in [3.63, 3.8) is 0 Å². The first-order valence-corrected chi connectivity index (χ1v) is 11.5. The first-order valence-electron chi connectivity index (χ1n) is 10.5. The van der Waals surface area contributed by atoms with Crippen LogP contribution in [0.25, 0.3) is 0 Å². The molecule has 2 saturated heterocycles. The number of nitrogens with zero attached hydrogens (tertiary/aromatic N) is 4. The number of fused-ring (bicyclic) bond motifs is 1. The molecule has 0 radical (unpaired) electrons. The van der Waals surface area contributed by atoms with Crippen molar-refractivity contribution >= 4 is 24.1 Å². The molecule has 0 bridgehead atoms. The highest BCUT2D eigenvalue weighted by atomic mass is 32.2. The summed E-state index contributed by atoms with van der Waals surface area (Å²) < 4.78 is 0. The van der Waals surface area contributed by atoms with Crippen LogP contribution in [0.15, 0.2) is 29.4 Å². The van der Waals surface area contributed by atoms with Gasteiger partial charge in [-0.05, 0) is 43.9 Å². The van der Waals surface area contributed by atoms with Gasteiger partial charge in [0.15, 0.2) is 0 Å². The second kappa shape index (κ2) is 11.1. The van der Waals surface area contributed by atoms with Crippen LogP contribution in [0.2, 0.25) is 0 Å². The summed E-state index contributed by atoms with van der Waals surface area (Å²) in [5, 5.41) is 17.6. The summed E-state index contributed by atoms with van der Waals surface area (Å²) >= 11 is 1.58. The van der Waals surface area contributed by atoms with Crippen LogP contribution < -0.4 is 0 Å². The highest BCUT2D eigenvalue weighted by molar-refractivity contribution is 8.00. The number of hydrogen-bond donors (Lipinski definition) is 2. The average molecular weight is 437 g/mol. The van der Waals surface area contributed by atoms with Crippen molar-refractivity contribution in [3.8, 4) is 0 Å². The number of carbonyl (C=O) groups is 2. The summed E-state index contributed by atoms with van der Waals surface area (Å²) in [7, 11) is 2.16. The summed E-state index contributed by atoms with van der Waals surface area (Å²) in [6.07, 6.45) is 5.13. The summed E-state index contributed by atoms with van der Waals surface area (Å²) in [6, 6.07) is 4.15. The molecule has 30 heavy (non-hydrogen) atoms. The molecule has 8 nitrogen and oxygen atoms in total. The zero-order valence-corrected chi connectivity index (χ0v) is 18.3. The Bertz CT molecular complexity index is 687. The zero-order valence-electron chi connectivity index (χ0n) is 17.5. The van der Waals surface area contributed by atoms with Gasteiger partial charge in [-0.15, -0.1) is 11.8 Å². The van der Waals surface area contributed by atoms with Crippen molar-refractivity contribution in [1.82, 2.24) is 19.7 Å². The highest BCUT2D eigenvalue weighted by Gasteiger charge is 2.44. The van der Waals surface area contributed by atoms with Gasteiger partial charge in [-0.25, -0.2) is 0 Å². The molecule has 0 spiro atoms. The van der Waals surface area contributed by atoms with Gasteiger partial charge >= 0.3 is 0 Å². The van der Waals surface area contributed by atoms with Gasteiger partial charge in [0.05, 0.1) is 11.9 Å². The minimum atomic E-state index is -0.254. The smallest absolute Gasteiger partial charge is 0.290 e. The Balaban J connectivity index is 0.000000806. The second-order valence-corrected chi connectivity index (χ2v) is 9.39. The lowest BCUT2D eigenvalue weighted by atomic mass is 9.77. The molecular formula is C21H32N4O4S. The number of carbonyl (C=O) groups excluding carboxylic acids is 1. The number of piperazine rings is 1. The maximum Gasteiger partial charge on any atom is 0.290 e. The largest absolute Gasteiger partial charge is 0.483 e. The number of rotatable bonds is 4. The van der Waals surface area contributed by atoms with E-state index in [0.29, 0.717) is 17.6 Å². The fraction of sp³-hybridized carbons (Fsp3) is 0.667. The van der Waals surface area contributed by atoms with E-state index in [2.05, 4.69) is 21.8 Å². The van der Waals surface area contributed by atoms with Crippen LogP contribution in [0.4, 0.5) is 0 Å².